The number of aromatic nitrogens is 2. The van der Waals surface area contributed by atoms with Gasteiger partial charge < -0.3 is 10.0 Å². The average Bonchev–Trinajstić information content (AvgIpc) is 2.82. The van der Waals surface area contributed by atoms with Crippen LogP contribution in [0.15, 0.2) is 6.07 Å². The number of H-pyrrole nitrogens is 1. The van der Waals surface area contributed by atoms with Crippen LogP contribution < -0.4 is 0 Å². The highest BCUT2D eigenvalue weighted by molar-refractivity contribution is 5.92. The Morgan fingerprint density at radius 2 is 2.37 bits per heavy atom. The van der Waals surface area contributed by atoms with Gasteiger partial charge in [-0.25, -0.2) is 0 Å². The van der Waals surface area contributed by atoms with Gasteiger partial charge >= 0.3 is 5.97 Å². The van der Waals surface area contributed by atoms with Crippen LogP contribution in [0.3, 0.4) is 0 Å². The van der Waals surface area contributed by atoms with Gasteiger partial charge in [-0.1, -0.05) is 0 Å². The summed E-state index contributed by atoms with van der Waals surface area (Å²) in [5.74, 6) is -0.551. The molecule has 2 N–H and O–H groups in total. The number of hydrogen-bond donors (Lipinski definition) is 2. The van der Waals surface area contributed by atoms with Crippen LogP contribution in [0.4, 0.5) is 0 Å². The summed E-state index contributed by atoms with van der Waals surface area (Å²) < 4.78 is 0. The molecule has 1 saturated heterocycles. The van der Waals surface area contributed by atoms with E-state index in [1.54, 1.807) is 11.0 Å². The van der Waals surface area contributed by atoms with Gasteiger partial charge in [0, 0.05) is 25.2 Å². The average molecular weight is 265 g/mol. The van der Waals surface area contributed by atoms with E-state index in [0.717, 1.165) is 25.1 Å². The lowest BCUT2D eigenvalue weighted by Crippen LogP contribution is -2.40. The maximum Gasteiger partial charge on any atom is 0.303 e. The van der Waals surface area contributed by atoms with Crippen LogP contribution >= 0.6 is 0 Å². The van der Waals surface area contributed by atoms with Crippen molar-refractivity contribution in [1.82, 2.24) is 15.1 Å². The van der Waals surface area contributed by atoms with Crippen LogP contribution in [0.5, 0.6) is 0 Å². The minimum Gasteiger partial charge on any atom is -0.481 e. The van der Waals surface area contributed by atoms with Crippen LogP contribution in [0.2, 0.25) is 0 Å². The number of carbonyl (C=O) groups excluding carboxylic acids is 1. The third kappa shape index (κ3) is 3.56. The number of carboxylic acids is 1. The molecule has 1 amide bonds. The third-order valence-electron chi connectivity index (χ3n) is 3.50. The number of aromatic amines is 1. The number of nitrogens with zero attached hydrogens (tertiary/aromatic N) is 2. The Labute approximate surface area is 111 Å². The van der Waals surface area contributed by atoms with E-state index in [1.807, 2.05) is 6.92 Å². The first kappa shape index (κ1) is 13.6. The number of piperidine rings is 1. The molecule has 1 atom stereocenters. The number of hydrogen-bond acceptors (Lipinski definition) is 3. The molecule has 0 spiro atoms. The number of amides is 1. The smallest absolute Gasteiger partial charge is 0.303 e. The number of rotatable bonds is 4. The second kappa shape index (κ2) is 5.86. The Morgan fingerprint density at radius 3 is 3.00 bits per heavy atom. The second-order valence-electron chi connectivity index (χ2n) is 5.13. The Bertz CT molecular complexity index is 469. The van der Waals surface area contributed by atoms with Gasteiger partial charge in [0.2, 0.25) is 0 Å². The number of carbonyl (C=O) groups is 2. The van der Waals surface area contributed by atoms with Crippen molar-refractivity contribution in [3.05, 3.63) is 17.5 Å². The molecule has 0 saturated carbocycles. The minimum atomic E-state index is -0.772. The van der Waals surface area contributed by atoms with Crippen molar-refractivity contribution in [2.75, 3.05) is 13.1 Å². The lowest BCUT2D eigenvalue weighted by molar-refractivity contribution is -0.137. The van der Waals surface area contributed by atoms with E-state index in [4.69, 9.17) is 5.11 Å². The maximum absolute atomic E-state index is 12.2. The number of likely N-dealkylation sites (tertiary alicyclic amines) is 1. The lowest BCUT2D eigenvalue weighted by Gasteiger charge is -2.32. The van der Waals surface area contributed by atoms with Gasteiger partial charge in [0.1, 0.15) is 5.69 Å². The van der Waals surface area contributed by atoms with E-state index < -0.39 is 5.97 Å². The molecule has 6 heteroatoms. The molecule has 1 aromatic heterocycles. The second-order valence-corrected chi connectivity index (χ2v) is 5.13. The molecule has 2 heterocycles. The quantitative estimate of drug-likeness (QED) is 0.862. The maximum atomic E-state index is 12.2. The molecule has 6 nitrogen and oxygen atoms in total. The summed E-state index contributed by atoms with van der Waals surface area (Å²) in [4.78, 5) is 24.6. The van der Waals surface area contributed by atoms with Crippen LogP contribution in [0.25, 0.3) is 0 Å². The molecule has 104 valence electrons. The molecule has 0 bridgehead atoms. The Kier molecular flexibility index (Phi) is 4.19. The topological polar surface area (TPSA) is 86.3 Å². The normalized spacial score (nSPS) is 19.4. The summed E-state index contributed by atoms with van der Waals surface area (Å²) in [6.07, 6.45) is 2.74. The molecule has 2 rings (SSSR count). The van der Waals surface area contributed by atoms with Gasteiger partial charge in [-0.2, -0.15) is 5.10 Å². The van der Waals surface area contributed by atoms with Crippen molar-refractivity contribution >= 4 is 11.9 Å². The van der Waals surface area contributed by atoms with Gasteiger partial charge in [-0.15, -0.1) is 0 Å². The predicted molar refractivity (Wildman–Crippen MR) is 68.8 cm³/mol. The van der Waals surface area contributed by atoms with E-state index in [-0.39, 0.29) is 18.2 Å². The summed E-state index contributed by atoms with van der Waals surface area (Å²) >= 11 is 0. The van der Waals surface area contributed by atoms with Crippen molar-refractivity contribution in [3.8, 4) is 0 Å². The fourth-order valence-corrected chi connectivity index (χ4v) is 2.50. The summed E-state index contributed by atoms with van der Waals surface area (Å²) in [6.45, 7) is 3.22. The molecule has 1 aliphatic rings. The first-order valence-corrected chi connectivity index (χ1v) is 6.59. The van der Waals surface area contributed by atoms with E-state index in [2.05, 4.69) is 10.2 Å². The molecule has 0 aliphatic carbocycles. The highest BCUT2D eigenvalue weighted by atomic mass is 16.4. The van der Waals surface area contributed by atoms with Crippen molar-refractivity contribution in [2.45, 2.75) is 32.6 Å². The minimum absolute atomic E-state index is 0.0654. The molecular weight excluding hydrogens is 246 g/mol. The zero-order chi connectivity index (χ0) is 13.8. The molecule has 1 aliphatic heterocycles. The highest BCUT2D eigenvalue weighted by Gasteiger charge is 2.25. The summed E-state index contributed by atoms with van der Waals surface area (Å²) in [6, 6.07) is 1.74. The van der Waals surface area contributed by atoms with E-state index in [1.165, 1.54) is 0 Å². The zero-order valence-electron chi connectivity index (χ0n) is 11.1. The van der Waals surface area contributed by atoms with Gasteiger partial charge in [0.15, 0.2) is 0 Å². The first-order valence-electron chi connectivity index (χ1n) is 6.59. The van der Waals surface area contributed by atoms with Crippen molar-refractivity contribution in [2.24, 2.45) is 5.92 Å². The van der Waals surface area contributed by atoms with Crippen LogP contribution in [-0.2, 0) is 4.79 Å². The van der Waals surface area contributed by atoms with Crippen molar-refractivity contribution in [3.63, 3.8) is 0 Å². The Morgan fingerprint density at radius 1 is 1.58 bits per heavy atom. The summed E-state index contributed by atoms with van der Waals surface area (Å²) in [7, 11) is 0. The molecule has 19 heavy (non-hydrogen) atoms. The van der Waals surface area contributed by atoms with Gasteiger partial charge in [0.05, 0.1) is 0 Å². The third-order valence-corrected chi connectivity index (χ3v) is 3.50. The van der Waals surface area contributed by atoms with Gasteiger partial charge in [-0.05, 0) is 38.2 Å². The monoisotopic (exact) mass is 265 g/mol. The van der Waals surface area contributed by atoms with Crippen LogP contribution in [0, 0.1) is 12.8 Å². The standard InChI is InChI=1S/C13H19N3O3/c1-9-7-11(15-14-9)13(19)16-6-2-3-10(8-16)4-5-12(17)18/h7,10H,2-6,8H2,1H3,(H,14,15)(H,17,18). The molecule has 1 aromatic rings. The van der Waals surface area contributed by atoms with Crippen LogP contribution in [-0.4, -0.2) is 45.2 Å². The van der Waals surface area contributed by atoms with Gasteiger partial charge in [-0.3, -0.25) is 14.7 Å². The molecule has 1 unspecified atom stereocenters. The number of aliphatic carboxylic acids is 1. The fraction of sp³-hybridized carbons (Fsp3) is 0.615. The lowest BCUT2D eigenvalue weighted by atomic mass is 9.93. The molecule has 1 fully saturated rings. The summed E-state index contributed by atoms with van der Waals surface area (Å²) in [5, 5.41) is 15.4. The summed E-state index contributed by atoms with van der Waals surface area (Å²) in [5.41, 5.74) is 1.30. The number of aryl methyl sites for hydroxylation is 1. The zero-order valence-corrected chi connectivity index (χ0v) is 11.1. The Balaban J connectivity index is 1.93. The molecule has 0 aromatic carbocycles. The highest BCUT2D eigenvalue weighted by Crippen LogP contribution is 2.22. The predicted octanol–water partition coefficient (Wildman–Crippen LogP) is 1.44. The first-order chi connectivity index (χ1) is 9.06. The van der Waals surface area contributed by atoms with Crippen molar-refractivity contribution < 1.29 is 14.7 Å². The molecular formula is C13H19N3O3. The van der Waals surface area contributed by atoms with E-state index >= 15 is 0 Å². The largest absolute Gasteiger partial charge is 0.481 e. The van der Waals surface area contributed by atoms with Gasteiger partial charge in [0.25, 0.3) is 5.91 Å². The van der Waals surface area contributed by atoms with E-state index in [0.29, 0.717) is 18.7 Å². The molecule has 0 radical (unpaired) electrons. The van der Waals surface area contributed by atoms with Crippen LogP contribution in [0.1, 0.15) is 41.9 Å². The SMILES string of the molecule is Cc1cc(C(=O)N2CCCC(CCC(=O)O)C2)n[nH]1. The number of nitrogens with one attached hydrogen (secondary N) is 1. The number of carboxylic acid groups (broad SMARTS) is 1. The van der Waals surface area contributed by atoms with E-state index in [9.17, 15) is 9.59 Å². The van der Waals surface area contributed by atoms with Crippen molar-refractivity contribution in [1.29, 1.82) is 0 Å². The fourth-order valence-electron chi connectivity index (χ4n) is 2.50. The Hall–Kier alpha value is -1.85.